The molecule has 27 heavy (non-hydrogen) atoms. The standard InChI is InChI=1S/C25H17NO/c26-25(19-12-10-18(11-13-19)17-6-2-1-3-7-17)20-14-15-24-22(16-20)21-8-4-5-9-23(21)27-24/h1-16,26H. The van der Waals surface area contributed by atoms with Gasteiger partial charge in [-0.1, -0.05) is 72.8 Å². The molecule has 0 aliphatic rings. The summed E-state index contributed by atoms with van der Waals surface area (Å²) in [5, 5.41) is 10.8. The lowest BCUT2D eigenvalue weighted by atomic mass is 9.98. The fourth-order valence-electron chi connectivity index (χ4n) is 3.51. The highest BCUT2D eigenvalue weighted by Crippen LogP contribution is 2.30. The van der Waals surface area contributed by atoms with Gasteiger partial charge in [0.2, 0.25) is 0 Å². The summed E-state index contributed by atoms with van der Waals surface area (Å²) in [6.07, 6.45) is 0. The fraction of sp³-hybridized carbons (Fsp3) is 0. The Labute approximate surface area is 157 Å². The maximum atomic E-state index is 8.65. The van der Waals surface area contributed by atoms with E-state index in [1.807, 2.05) is 60.7 Å². The van der Waals surface area contributed by atoms with Crippen LogP contribution in [0.25, 0.3) is 33.1 Å². The van der Waals surface area contributed by atoms with E-state index in [0.29, 0.717) is 5.71 Å². The van der Waals surface area contributed by atoms with E-state index in [4.69, 9.17) is 9.83 Å². The molecule has 0 fully saturated rings. The molecule has 2 nitrogen and oxygen atoms in total. The van der Waals surface area contributed by atoms with E-state index in [1.165, 1.54) is 5.56 Å². The van der Waals surface area contributed by atoms with E-state index in [2.05, 4.69) is 36.4 Å². The Bertz CT molecular complexity index is 1260. The van der Waals surface area contributed by atoms with Crippen LogP contribution in [0.3, 0.4) is 0 Å². The lowest BCUT2D eigenvalue weighted by Crippen LogP contribution is -2.00. The first-order valence-electron chi connectivity index (χ1n) is 8.96. The minimum absolute atomic E-state index is 0.516. The summed E-state index contributed by atoms with van der Waals surface area (Å²) in [5.74, 6) is 0. The highest BCUT2D eigenvalue weighted by Gasteiger charge is 2.10. The minimum atomic E-state index is 0.516. The first-order chi connectivity index (χ1) is 13.3. The predicted octanol–water partition coefficient (Wildman–Crippen LogP) is 6.67. The third-order valence-electron chi connectivity index (χ3n) is 4.95. The van der Waals surface area contributed by atoms with Crippen LogP contribution in [0.5, 0.6) is 0 Å². The molecule has 0 saturated heterocycles. The van der Waals surface area contributed by atoms with Crippen molar-refractivity contribution in [2.24, 2.45) is 0 Å². The van der Waals surface area contributed by atoms with Crippen LogP contribution in [-0.4, -0.2) is 5.71 Å². The molecular formula is C25H17NO. The molecule has 0 radical (unpaired) electrons. The van der Waals surface area contributed by atoms with Crippen LogP contribution in [0.2, 0.25) is 0 Å². The molecule has 2 heteroatoms. The Morgan fingerprint density at radius 2 is 1.19 bits per heavy atom. The third kappa shape index (κ3) is 2.72. The molecule has 0 atom stereocenters. The van der Waals surface area contributed by atoms with E-state index in [9.17, 15) is 0 Å². The summed E-state index contributed by atoms with van der Waals surface area (Å²) < 4.78 is 5.89. The number of fused-ring (bicyclic) bond motifs is 3. The summed E-state index contributed by atoms with van der Waals surface area (Å²) >= 11 is 0. The summed E-state index contributed by atoms with van der Waals surface area (Å²) in [5.41, 5.74) is 6.38. The van der Waals surface area contributed by atoms with Crippen LogP contribution in [0, 0.1) is 5.41 Å². The van der Waals surface area contributed by atoms with Crippen LogP contribution in [0.15, 0.2) is 101 Å². The van der Waals surface area contributed by atoms with Crippen LogP contribution in [0.4, 0.5) is 0 Å². The number of hydrogen-bond acceptors (Lipinski definition) is 2. The second-order valence-corrected chi connectivity index (χ2v) is 6.63. The summed E-state index contributed by atoms with van der Waals surface area (Å²) in [6, 6.07) is 32.4. The maximum Gasteiger partial charge on any atom is 0.135 e. The topological polar surface area (TPSA) is 37.0 Å². The van der Waals surface area contributed by atoms with Crippen molar-refractivity contribution in [2.75, 3.05) is 0 Å². The van der Waals surface area contributed by atoms with Crippen molar-refractivity contribution in [2.45, 2.75) is 0 Å². The second-order valence-electron chi connectivity index (χ2n) is 6.63. The van der Waals surface area contributed by atoms with Gasteiger partial charge in [0.25, 0.3) is 0 Å². The second kappa shape index (κ2) is 6.26. The number of furan rings is 1. The Hall–Kier alpha value is -3.65. The normalized spacial score (nSPS) is 11.1. The zero-order valence-corrected chi connectivity index (χ0v) is 14.6. The molecule has 5 rings (SSSR count). The average Bonchev–Trinajstić information content (AvgIpc) is 3.12. The zero-order chi connectivity index (χ0) is 18.2. The largest absolute Gasteiger partial charge is 0.456 e. The lowest BCUT2D eigenvalue weighted by Gasteiger charge is -2.07. The molecule has 1 aromatic heterocycles. The van der Waals surface area contributed by atoms with Gasteiger partial charge in [-0.3, -0.25) is 5.41 Å². The van der Waals surface area contributed by atoms with Gasteiger partial charge in [-0.2, -0.15) is 0 Å². The minimum Gasteiger partial charge on any atom is -0.456 e. The molecule has 0 aliphatic heterocycles. The first-order valence-corrected chi connectivity index (χ1v) is 8.96. The van der Waals surface area contributed by atoms with E-state index < -0.39 is 0 Å². The van der Waals surface area contributed by atoms with Crippen molar-refractivity contribution in [3.8, 4) is 11.1 Å². The van der Waals surface area contributed by atoms with E-state index >= 15 is 0 Å². The highest BCUT2D eigenvalue weighted by atomic mass is 16.3. The summed E-state index contributed by atoms with van der Waals surface area (Å²) in [4.78, 5) is 0. The molecule has 0 saturated carbocycles. The monoisotopic (exact) mass is 347 g/mol. The van der Waals surface area contributed by atoms with Crippen LogP contribution in [-0.2, 0) is 0 Å². The molecule has 1 N–H and O–H groups in total. The van der Waals surface area contributed by atoms with Crippen molar-refractivity contribution in [1.82, 2.24) is 0 Å². The van der Waals surface area contributed by atoms with E-state index in [0.717, 1.165) is 38.6 Å². The van der Waals surface area contributed by atoms with Gasteiger partial charge in [0, 0.05) is 21.9 Å². The molecule has 1 heterocycles. The molecular weight excluding hydrogens is 330 g/mol. The molecule has 0 unspecified atom stereocenters. The smallest absolute Gasteiger partial charge is 0.135 e. The Morgan fingerprint density at radius 3 is 2.00 bits per heavy atom. The zero-order valence-electron chi connectivity index (χ0n) is 14.6. The van der Waals surface area contributed by atoms with E-state index in [-0.39, 0.29) is 0 Å². The first kappa shape index (κ1) is 15.6. The van der Waals surface area contributed by atoms with Crippen molar-refractivity contribution in [1.29, 1.82) is 5.41 Å². The highest BCUT2D eigenvalue weighted by molar-refractivity contribution is 6.14. The molecule has 5 aromatic rings. The van der Waals surface area contributed by atoms with Gasteiger partial charge in [-0.15, -0.1) is 0 Å². The summed E-state index contributed by atoms with van der Waals surface area (Å²) in [7, 11) is 0. The SMILES string of the molecule is N=C(c1ccc(-c2ccccc2)cc1)c1ccc2oc3ccccc3c2c1. The maximum absolute atomic E-state index is 8.65. The lowest BCUT2D eigenvalue weighted by molar-refractivity contribution is 0.669. The van der Waals surface area contributed by atoms with Crippen molar-refractivity contribution >= 4 is 27.7 Å². The Morgan fingerprint density at radius 1 is 0.556 bits per heavy atom. The Kier molecular flexibility index (Phi) is 3.61. The van der Waals surface area contributed by atoms with Gasteiger partial charge in [0.15, 0.2) is 0 Å². The molecule has 0 aliphatic carbocycles. The number of rotatable bonds is 3. The predicted molar refractivity (Wildman–Crippen MR) is 112 cm³/mol. The van der Waals surface area contributed by atoms with Gasteiger partial charge in [0.1, 0.15) is 11.2 Å². The third-order valence-corrected chi connectivity index (χ3v) is 4.95. The van der Waals surface area contributed by atoms with Crippen molar-refractivity contribution < 1.29 is 4.42 Å². The number of nitrogens with one attached hydrogen (secondary N) is 1. The molecule has 4 aromatic carbocycles. The quantitative estimate of drug-likeness (QED) is 0.364. The Balaban J connectivity index is 1.52. The van der Waals surface area contributed by atoms with Gasteiger partial charge < -0.3 is 4.42 Å². The van der Waals surface area contributed by atoms with Gasteiger partial charge in [-0.05, 0) is 35.4 Å². The number of hydrogen-bond donors (Lipinski definition) is 1. The number of benzene rings is 4. The average molecular weight is 347 g/mol. The van der Waals surface area contributed by atoms with Crippen LogP contribution < -0.4 is 0 Å². The number of para-hydroxylation sites is 1. The molecule has 0 amide bonds. The van der Waals surface area contributed by atoms with E-state index in [1.54, 1.807) is 0 Å². The fourth-order valence-corrected chi connectivity index (χ4v) is 3.51. The van der Waals surface area contributed by atoms with Gasteiger partial charge >= 0.3 is 0 Å². The van der Waals surface area contributed by atoms with Crippen molar-refractivity contribution in [3.05, 3.63) is 108 Å². The molecule has 0 bridgehead atoms. The van der Waals surface area contributed by atoms with Crippen LogP contribution >= 0.6 is 0 Å². The van der Waals surface area contributed by atoms with Crippen molar-refractivity contribution in [3.63, 3.8) is 0 Å². The molecule has 0 spiro atoms. The molecule has 128 valence electrons. The van der Waals surface area contributed by atoms with Gasteiger partial charge in [0.05, 0.1) is 5.71 Å². The summed E-state index contributed by atoms with van der Waals surface area (Å²) in [6.45, 7) is 0. The van der Waals surface area contributed by atoms with Crippen LogP contribution in [0.1, 0.15) is 11.1 Å². The van der Waals surface area contributed by atoms with Gasteiger partial charge in [-0.25, -0.2) is 0 Å².